The molecule has 20 nitrogen and oxygen atoms in total. The van der Waals surface area contributed by atoms with Crippen LogP contribution in [0.1, 0.15) is 22.3 Å². The highest BCUT2D eigenvalue weighted by Crippen LogP contribution is 2.35. The summed E-state index contributed by atoms with van der Waals surface area (Å²) in [5.41, 5.74) is 8.55. The minimum atomic E-state index is 0. The molecule has 0 amide bonds. The predicted octanol–water partition coefficient (Wildman–Crippen LogP) is 0.606. The summed E-state index contributed by atoms with van der Waals surface area (Å²) < 4.78 is 101. The number of benzene rings is 5. The number of halogens is 2. The number of methoxy groups -OCH3 is 4. The van der Waals surface area contributed by atoms with E-state index in [1.165, 1.54) is 0 Å². The van der Waals surface area contributed by atoms with Gasteiger partial charge in [0.05, 0.1) is 132 Å². The second-order valence-corrected chi connectivity index (χ2v) is 19.3. The van der Waals surface area contributed by atoms with Gasteiger partial charge in [0.15, 0.2) is 45.1 Å². The molecule has 0 radical (unpaired) electrons. The van der Waals surface area contributed by atoms with Gasteiger partial charge in [-0.3, -0.25) is 0 Å². The van der Waals surface area contributed by atoms with Crippen molar-refractivity contribution in [2.24, 2.45) is 0 Å². The molecular weight excluding hydrogens is 1240 g/mol. The molecule has 2 heterocycles. The Hall–Kier alpha value is -5.28. The third-order valence-electron chi connectivity index (χ3n) is 13.2. The van der Waals surface area contributed by atoms with Crippen molar-refractivity contribution in [2.45, 2.75) is 26.2 Å². The van der Waals surface area contributed by atoms with Crippen LogP contribution < -0.4 is 62.0 Å². The van der Waals surface area contributed by atoms with Crippen LogP contribution in [0.2, 0.25) is 0 Å². The minimum Gasteiger partial charge on any atom is -1.00 e. The predicted molar refractivity (Wildman–Crippen MR) is 316 cm³/mol. The van der Waals surface area contributed by atoms with Gasteiger partial charge < -0.3 is 110 Å². The van der Waals surface area contributed by atoms with E-state index in [4.69, 9.17) is 75.8 Å². The second-order valence-electron chi connectivity index (χ2n) is 19.3. The average Bonchev–Trinajstić information content (AvgIpc) is 1.75. The van der Waals surface area contributed by atoms with E-state index in [9.17, 15) is 0 Å². The molecule has 0 spiro atoms. The maximum absolute atomic E-state index is 6.51. The van der Waals surface area contributed by atoms with Crippen LogP contribution in [0.25, 0.3) is 22.1 Å². The van der Waals surface area contributed by atoms with E-state index < -0.39 is 0 Å². The lowest BCUT2D eigenvalue weighted by molar-refractivity contribution is -0.663. The molecule has 474 valence electrons. The van der Waals surface area contributed by atoms with Gasteiger partial charge in [0, 0.05) is 63.8 Å². The normalized spacial score (nSPS) is 11.3. The van der Waals surface area contributed by atoms with Crippen molar-refractivity contribution >= 4 is 22.1 Å². The van der Waals surface area contributed by atoms with Crippen molar-refractivity contribution in [3.05, 3.63) is 144 Å². The summed E-state index contributed by atoms with van der Waals surface area (Å²) in [6.45, 7) is 12.9. The largest absolute Gasteiger partial charge is 1.00 e. The number of ether oxygens (including phenoxy) is 16. The number of imidazole rings is 2. The summed E-state index contributed by atoms with van der Waals surface area (Å²) in [6, 6.07) is 37.8. The first-order valence-electron chi connectivity index (χ1n) is 28.9. The third kappa shape index (κ3) is 25.1. The van der Waals surface area contributed by atoms with Crippen molar-refractivity contribution in [2.75, 3.05) is 187 Å². The number of hydrogen-bond acceptors (Lipinski definition) is 16. The Labute approximate surface area is 527 Å². The lowest BCUT2D eigenvalue weighted by Crippen LogP contribution is -3.00. The summed E-state index contributed by atoms with van der Waals surface area (Å²) in [7, 11) is 6.61. The first kappa shape index (κ1) is 71.5. The molecule has 7 aromatic rings. The van der Waals surface area contributed by atoms with Gasteiger partial charge in [-0.2, -0.15) is 0 Å². The molecule has 0 bridgehead atoms. The summed E-state index contributed by atoms with van der Waals surface area (Å²) in [5, 5.41) is 0. The Bertz CT molecular complexity index is 2690. The van der Waals surface area contributed by atoms with E-state index in [1.807, 2.05) is 12.1 Å². The van der Waals surface area contributed by atoms with Crippen LogP contribution in [0, 0.1) is 0 Å². The Morgan fingerprint density at radius 1 is 0.302 bits per heavy atom. The van der Waals surface area contributed by atoms with Gasteiger partial charge in [0.25, 0.3) is 0 Å². The van der Waals surface area contributed by atoms with Crippen LogP contribution in [0.3, 0.4) is 0 Å². The number of nitrogens with zero attached hydrogens (tertiary/aromatic N) is 4. The van der Waals surface area contributed by atoms with Crippen molar-refractivity contribution in [3.8, 4) is 23.0 Å². The van der Waals surface area contributed by atoms with E-state index in [1.54, 1.807) is 28.4 Å². The molecule has 5 aromatic carbocycles. The van der Waals surface area contributed by atoms with Crippen molar-refractivity contribution < 1.29 is 119 Å². The molecule has 0 saturated carbocycles. The molecule has 0 N–H and O–H groups in total. The highest BCUT2D eigenvalue weighted by Gasteiger charge is 2.25. The average molecular weight is 1330 g/mol. The fourth-order valence-electron chi connectivity index (χ4n) is 9.03. The number of fused-ring (bicyclic) bond motifs is 2. The van der Waals surface area contributed by atoms with E-state index in [2.05, 4.69) is 128 Å². The van der Waals surface area contributed by atoms with Crippen LogP contribution in [0.4, 0.5) is 0 Å². The highest BCUT2D eigenvalue weighted by atomic mass is 79.9. The minimum absolute atomic E-state index is 0. The smallest absolute Gasteiger partial charge is 0.245 e. The van der Waals surface area contributed by atoms with Crippen molar-refractivity contribution in [1.29, 1.82) is 0 Å². The van der Waals surface area contributed by atoms with E-state index in [-0.39, 0.29) is 34.0 Å². The molecule has 22 heteroatoms. The molecule has 0 saturated heterocycles. The van der Waals surface area contributed by atoms with Gasteiger partial charge in [0.2, 0.25) is 12.7 Å². The molecule has 0 aliphatic carbocycles. The lowest BCUT2D eigenvalue weighted by Gasteiger charge is -2.14. The quantitative estimate of drug-likeness (QED) is 0.0385. The summed E-state index contributed by atoms with van der Waals surface area (Å²) in [4.78, 5) is 0. The maximum Gasteiger partial charge on any atom is 0.245 e. The zero-order valence-corrected chi connectivity index (χ0v) is 53.6. The first-order valence-corrected chi connectivity index (χ1v) is 28.9. The first-order chi connectivity index (χ1) is 41.6. The SMILES string of the molecule is COCCOCCOCCOc1cc2c(cc1OCCOCCOCCOC)[n+](Cc1ccccc1)cn2Cc1ccccc1Cn1c[n+](Cc2ccccc2)c2cc(OCCOCCOCCOC)c(OCCOCCOCCOC)cc21.[Br-].[Br-]. The van der Waals surface area contributed by atoms with Gasteiger partial charge in [-0.1, -0.05) is 84.9 Å². The molecular formula is C64H88Br2N4O16. The summed E-state index contributed by atoms with van der Waals surface area (Å²) in [5.74, 6) is 2.41. The zero-order chi connectivity index (χ0) is 58.5. The highest BCUT2D eigenvalue weighted by molar-refractivity contribution is 5.78. The van der Waals surface area contributed by atoms with E-state index in [0.717, 1.165) is 44.3 Å². The van der Waals surface area contributed by atoms with Gasteiger partial charge in [-0.15, -0.1) is 0 Å². The number of rotatable bonds is 48. The fraction of sp³-hybridized carbons (Fsp3) is 0.500. The number of aromatic nitrogens is 4. The van der Waals surface area contributed by atoms with Crippen LogP contribution in [0.5, 0.6) is 23.0 Å². The molecule has 0 fully saturated rings. The summed E-state index contributed by atoms with van der Waals surface area (Å²) in [6.07, 6.45) is 4.37. The summed E-state index contributed by atoms with van der Waals surface area (Å²) >= 11 is 0. The molecule has 0 aliphatic heterocycles. The lowest BCUT2D eigenvalue weighted by atomic mass is 10.1. The van der Waals surface area contributed by atoms with E-state index in [0.29, 0.717) is 208 Å². The van der Waals surface area contributed by atoms with Crippen LogP contribution in [-0.4, -0.2) is 196 Å². The van der Waals surface area contributed by atoms with Crippen molar-refractivity contribution in [3.63, 3.8) is 0 Å². The molecule has 2 aromatic heterocycles. The fourth-order valence-corrected chi connectivity index (χ4v) is 9.03. The third-order valence-corrected chi connectivity index (χ3v) is 13.2. The maximum atomic E-state index is 6.51. The van der Waals surface area contributed by atoms with Crippen LogP contribution in [-0.2, 0) is 83.0 Å². The second kappa shape index (κ2) is 43.4. The Morgan fingerprint density at radius 2 is 0.558 bits per heavy atom. The number of hydrogen-bond donors (Lipinski definition) is 0. The van der Waals surface area contributed by atoms with Gasteiger partial charge in [-0.25, -0.2) is 18.3 Å². The topological polar surface area (TPSA) is 165 Å². The van der Waals surface area contributed by atoms with Crippen LogP contribution >= 0.6 is 0 Å². The molecule has 7 rings (SSSR count). The molecule has 0 unspecified atom stereocenters. The molecule has 0 atom stereocenters. The Kier molecular flexibility index (Phi) is 36.0. The van der Waals surface area contributed by atoms with E-state index >= 15 is 0 Å². The Balaban J connectivity index is 0.00000675. The standard InChI is InChI=1S/C64H88N4O16.2BrH/c1-69-19-23-73-27-31-77-35-39-81-61-43-57-59(45-63(61)83-41-37-79-33-29-75-25-21-71-3)67(51-65(57)47-53-13-7-5-8-14-53)49-55-17-11-12-18-56(55)50-68-52-66(48-54-15-9-6-10-16-54)58-44-62(82-40-36-78-32-28-74-24-20-70-2)64(46-60(58)68)84-42-38-80-34-30-76-26-22-72-4;;/h5-18,43-46,51-52H,19-42,47-50H2,1-4H3;2*1H/q+2;;/p-2. The monoisotopic (exact) mass is 1330 g/mol. The van der Waals surface area contributed by atoms with Crippen molar-refractivity contribution in [1.82, 2.24) is 9.13 Å². The van der Waals surface area contributed by atoms with Gasteiger partial charge in [-0.05, 0) is 11.1 Å². The molecule has 86 heavy (non-hydrogen) atoms. The Morgan fingerprint density at radius 3 is 0.849 bits per heavy atom. The van der Waals surface area contributed by atoms with Gasteiger partial charge in [0.1, 0.15) is 52.6 Å². The zero-order valence-electron chi connectivity index (χ0n) is 50.4. The van der Waals surface area contributed by atoms with Gasteiger partial charge >= 0.3 is 0 Å². The van der Waals surface area contributed by atoms with Crippen LogP contribution in [0.15, 0.2) is 122 Å². The molecule has 0 aliphatic rings.